The maximum absolute atomic E-state index is 13.3. The summed E-state index contributed by atoms with van der Waals surface area (Å²) >= 11 is 0. The van der Waals surface area contributed by atoms with E-state index in [-0.39, 0.29) is 24.3 Å². The molecule has 2 aliphatic rings. The lowest BCUT2D eigenvalue weighted by atomic mass is 9.90. The van der Waals surface area contributed by atoms with Crippen LogP contribution in [0.3, 0.4) is 0 Å². The molecule has 9 nitrogen and oxygen atoms in total. The van der Waals surface area contributed by atoms with Gasteiger partial charge in [-0.1, -0.05) is 37.1 Å². The maximum atomic E-state index is 13.3. The van der Waals surface area contributed by atoms with E-state index in [2.05, 4.69) is 10.3 Å². The summed E-state index contributed by atoms with van der Waals surface area (Å²) in [5.74, 6) is -0.741. The summed E-state index contributed by atoms with van der Waals surface area (Å²) in [6, 6.07) is 14.2. The number of nitrogens with zero attached hydrogens (tertiary/aromatic N) is 3. The Bertz CT molecular complexity index is 1390. The first-order chi connectivity index (χ1) is 16.9. The average molecular weight is 475 g/mol. The standard InChI is InChI=1S/C26H26N4O5/c1-29-21(27-18-9-3-2-8-17(18)24(29)33)12-13-23(32)35-16-22(31)30-20-11-5-4-10-19(20)28-25(34)26(30)14-6-7-15-26/h2-5,8-11H,6-7,12-16H2,1H3,(H,28,34). The number of anilines is 2. The van der Waals surface area contributed by atoms with E-state index >= 15 is 0 Å². The van der Waals surface area contributed by atoms with Crippen LogP contribution in [-0.2, 0) is 32.6 Å². The fourth-order valence-electron chi connectivity index (χ4n) is 5.11. The molecule has 1 aliphatic carbocycles. The summed E-state index contributed by atoms with van der Waals surface area (Å²) in [5, 5.41) is 3.44. The second-order valence-corrected chi connectivity index (χ2v) is 9.01. The topological polar surface area (TPSA) is 111 Å². The molecule has 1 N–H and O–H groups in total. The number of carbonyl (C=O) groups excluding carboxylic acids is 3. The number of benzene rings is 2. The first-order valence-electron chi connectivity index (χ1n) is 11.7. The van der Waals surface area contributed by atoms with Gasteiger partial charge in [0.1, 0.15) is 11.4 Å². The van der Waals surface area contributed by atoms with E-state index in [1.807, 2.05) is 6.07 Å². The van der Waals surface area contributed by atoms with Crippen LogP contribution in [-0.4, -0.2) is 39.5 Å². The van der Waals surface area contributed by atoms with Gasteiger partial charge in [-0.05, 0) is 37.1 Å². The monoisotopic (exact) mass is 474 g/mol. The van der Waals surface area contributed by atoms with Crippen LogP contribution in [0.5, 0.6) is 0 Å². The molecule has 3 aromatic rings. The Hall–Kier alpha value is -4.01. The summed E-state index contributed by atoms with van der Waals surface area (Å²) in [6.07, 6.45) is 2.98. The van der Waals surface area contributed by atoms with Gasteiger partial charge < -0.3 is 10.1 Å². The number of aryl methyl sites for hydroxylation is 1. The van der Waals surface area contributed by atoms with Crippen molar-refractivity contribution < 1.29 is 19.1 Å². The van der Waals surface area contributed by atoms with Crippen molar-refractivity contribution in [2.24, 2.45) is 7.05 Å². The summed E-state index contributed by atoms with van der Waals surface area (Å²) in [6.45, 7) is -0.466. The number of fused-ring (bicyclic) bond motifs is 2. The zero-order chi connectivity index (χ0) is 24.6. The number of amides is 2. The highest BCUT2D eigenvalue weighted by atomic mass is 16.5. The minimum Gasteiger partial charge on any atom is -0.456 e. The smallest absolute Gasteiger partial charge is 0.306 e. The fourth-order valence-corrected chi connectivity index (χ4v) is 5.11. The highest BCUT2D eigenvalue weighted by Crippen LogP contribution is 2.45. The normalized spacial score (nSPS) is 16.3. The molecule has 35 heavy (non-hydrogen) atoms. The number of hydrogen-bond donors (Lipinski definition) is 1. The molecule has 180 valence electrons. The molecule has 1 fully saturated rings. The highest BCUT2D eigenvalue weighted by molar-refractivity contribution is 6.15. The van der Waals surface area contributed by atoms with Crippen molar-refractivity contribution in [1.82, 2.24) is 9.55 Å². The fraction of sp³-hybridized carbons (Fsp3) is 0.346. The molecule has 0 bridgehead atoms. The molecule has 1 aromatic heterocycles. The lowest BCUT2D eigenvalue weighted by Crippen LogP contribution is -2.61. The van der Waals surface area contributed by atoms with Crippen molar-refractivity contribution in [3.05, 3.63) is 64.7 Å². The van der Waals surface area contributed by atoms with Crippen LogP contribution in [0.25, 0.3) is 10.9 Å². The average Bonchev–Trinajstić information content (AvgIpc) is 3.35. The van der Waals surface area contributed by atoms with Gasteiger partial charge in [-0.25, -0.2) is 4.98 Å². The van der Waals surface area contributed by atoms with Crippen LogP contribution in [0.15, 0.2) is 53.3 Å². The van der Waals surface area contributed by atoms with Crippen molar-refractivity contribution >= 4 is 40.1 Å². The Kier molecular flexibility index (Phi) is 5.84. The quantitative estimate of drug-likeness (QED) is 0.570. The Morgan fingerprint density at radius 3 is 2.57 bits per heavy atom. The largest absolute Gasteiger partial charge is 0.456 e. The molecule has 5 rings (SSSR count). The number of aromatic nitrogens is 2. The van der Waals surface area contributed by atoms with Gasteiger partial charge in [-0.3, -0.25) is 28.6 Å². The molecule has 1 spiro atoms. The van der Waals surface area contributed by atoms with Gasteiger partial charge in [-0.2, -0.15) is 0 Å². The Morgan fingerprint density at radius 1 is 1.06 bits per heavy atom. The van der Waals surface area contributed by atoms with Crippen molar-refractivity contribution in [2.75, 3.05) is 16.8 Å². The van der Waals surface area contributed by atoms with Crippen LogP contribution < -0.4 is 15.8 Å². The van der Waals surface area contributed by atoms with Gasteiger partial charge >= 0.3 is 5.97 Å². The van der Waals surface area contributed by atoms with Crippen molar-refractivity contribution in [3.63, 3.8) is 0 Å². The van der Waals surface area contributed by atoms with Gasteiger partial charge in [0.2, 0.25) is 0 Å². The molecule has 0 unspecified atom stereocenters. The van der Waals surface area contributed by atoms with Gasteiger partial charge in [-0.15, -0.1) is 0 Å². The van der Waals surface area contributed by atoms with E-state index in [0.29, 0.717) is 40.9 Å². The molecule has 0 atom stereocenters. The van der Waals surface area contributed by atoms with Crippen LogP contribution in [0.4, 0.5) is 11.4 Å². The zero-order valence-corrected chi connectivity index (χ0v) is 19.5. The van der Waals surface area contributed by atoms with Gasteiger partial charge in [0, 0.05) is 13.5 Å². The number of esters is 1. The summed E-state index contributed by atoms with van der Waals surface area (Å²) in [5.41, 5.74) is 0.616. The van der Waals surface area contributed by atoms with E-state index in [4.69, 9.17) is 4.74 Å². The third kappa shape index (κ3) is 3.96. The molecule has 0 saturated heterocycles. The Balaban J connectivity index is 1.28. The van der Waals surface area contributed by atoms with Gasteiger partial charge in [0.05, 0.1) is 28.7 Å². The predicted molar refractivity (Wildman–Crippen MR) is 130 cm³/mol. The van der Waals surface area contributed by atoms with E-state index in [1.165, 1.54) is 9.47 Å². The Morgan fingerprint density at radius 2 is 1.77 bits per heavy atom. The summed E-state index contributed by atoms with van der Waals surface area (Å²) in [7, 11) is 1.62. The number of carbonyl (C=O) groups is 3. The van der Waals surface area contributed by atoms with Crippen molar-refractivity contribution in [2.45, 2.75) is 44.1 Å². The van der Waals surface area contributed by atoms with E-state index in [9.17, 15) is 19.2 Å². The predicted octanol–water partition coefficient (Wildman–Crippen LogP) is 2.71. The SMILES string of the molecule is Cn1c(CCC(=O)OCC(=O)N2c3ccccc3NC(=O)C23CCCC3)nc2ccccc2c1=O. The molecule has 2 aromatic carbocycles. The van der Waals surface area contributed by atoms with Gasteiger partial charge in [0.25, 0.3) is 17.4 Å². The van der Waals surface area contributed by atoms with Crippen molar-refractivity contribution in [3.8, 4) is 0 Å². The van der Waals surface area contributed by atoms with Crippen molar-refractivity contribution in [1.29, 1.82) is 0 Å². The van der Waals surface area contributed by atoms with Crippen LogP contribution in [0.2, 0.25) is 0 Å². The third-order valence-electron chi connectivity index (χ3n) is 6.91. The third-order valence-corrected chi connectivity index (χ3v) is 6.91. The zero-order valence-electron chi connectivity index (χ0n) is 19.5. The maximum Gasteiger partial charge on any atom is 0.306 e. The molecule has 1 aliphatic heterocycles. The molecule has 2 heterocycles. The van der Waals surface area contributed by atoms with Gasteiger partial charge in [0.15, 0.2) is 6.61 Å². The lowest BCUT2D eigenvalue weighted by molar-refractivity contribution is -0.148. The summed E-state index contributed by atoms with van der Waals surface area (Å²) < 4.78 is 6.74. The van der Waals surface area contributed by atoms with E-state index in [0.717, 1.165) is 12.8 Å². The summed E-state index contributed by atoms with van der Waals surface area (Å²) in [4.78, 5) is 57.4. The minimum atomic E-state index is -0.953. The first kappa shape index (κ1) is 22.8. The first-order valence-corrected chi connectivity index (χ1v) is 11.7. The van der Waals surface area contributed by atoms with Crippen LogP contribution in [0, 0.1) is 0 Å². The van der Waals surface area contributed by atoms with Crippen LogP contribution >= 0.6 is 0 Å². The number of ether oxygens (including phenoxy) is 1. The van der Waals surface area contributed by atoms with E-state index in [1.54, 1.807) is 49.5 Å². The molecule has 9 heteroatoms. The molecule has 0 radical (unpaired) electrons. The second kappa shape index (κ2) is 8.98. The second-order valence-electron chi connectivity index (χ2n) is 9.01. The number of nitrogens with one attached hydrogen (secondary N) is 1. The number of hydrogen-bond acceptors (Lipinski definition) is 6. The lowest BCUT2D eigenvalue weighted by Gasteiger charge is -2.44. The Labute approximate surface area is 201 Å². The number of para-hydroxylation sites is 3. The van der Waals surface area contributed by atoms with E-state index < -0.39 is 24.0 Å². The minimum absolute atomic E-state index is 0.0336. The molecule has 1 saturated carbocycles. The highest BCUT2D eigenvalue weighted by Gasteiger charge is 2.52. The van der Waals surface area contributed by atoms with Crippen LogP contribution in [0.1, 0.15) is 37.9 Å². The molecule has 2 amide bonds. The molecular weight excluding hydrogens is 448 g/mol. The molecular formula is C26H26N4O5. The number of rotatable bonds is 5.